The number of nitrogens with zero attached hydrogens (tertiary/aromatic N) is 2. The molecule has 0 amide bonds. The van der Waals surface area contributed by atoms with Crippen LogP contribution >= 0.6 is 0 Å². The van der Waals surface area contributed by atoms with Gasteiger partial charge in [0, 0.05) is 5.56 Å². The minimum Gasteiger partial charge on any atom is -0.329 e. The van der Waals surface area contributed by atoms with Crippen LogP contribution in [0.4, 0.5) is 13.2 Å². The molecule has 0 N–H and O–H groups in total. The summed E-state index contributed by atoms with van der Waals surface area (Å²) >= 11 is 0. The first-order valence-electron chi connectivity index (χ1n) is 6.77. The molecule has 0 aliphatic carbocycles. The Morgan fingerprint density at radius 3 is 2.09 bits per heavy atom. The number of rotatable bonds is 4. The molecule has 0 spiro atoms. The zero-order valence-corrected chi connectivity index (χ0v) is 13.4. The van der Waals surface area contributed by atoms with E-state index in [1.54, 1.807) is 20.8 Å². The standard InChI is InChI=1S/C14H15F3N2O3S/c1-8(2)23(20,21)9(3)10-4-6-11(7-5-10)12-18-13(22-19-12)14(15,16)17/h4-9H,1-3H3. The van der Waals surface area contributed by atoms with Crippen LogP contribution in [0.1, 0.15) is 37.5 Å². The van der Waals surface area contributed by atoms with E-state index < -0.39 is 32.4 Å². The van der Waals surface area contributed by atoms with Crippen molar-refractivity contribution >= 4 is 9.84 Å². The third-order valence-corrected chi connectivity index (χ3v) is 6.03. The molecule has 2 rings (SSSR count). The molecule has 126 valence electrons. The number of hydrogen-bond acceptors (Lipinski definition) is 5. The molecule has 1 unspecified atom stereocenters. The minimum absolute atomic E-state index is 0.205. The third kappa shape index (κ3) is 3.54. The van der Waals surface area contributed by atoms with Crippen molar-refractivity contribution in [1.29, 1.82) is 0 Å². The van der Waals surface area contributed by atoms with Crippen LogP contribution in [0.2, 0.25) is 0 Å². The Bertz CT molecular complexity index is 780. The van der Waals surface area contributed by atoms with Gasteiger partial charge in [0.25, 0.3) is 0 Å². The Hall–Kier alpha value is -1.90. The smallest absolute Gasteiger partial charge is 0.329 e. The van der Waals surface area contributed by atoms with Crippen LogP contribution in [0, 0.1) is 0 Å². The van der Waals surface area contributed by atoms with E-state index in [1.165, 1.54) is 24.3 Å². The van der Waals surface area contributed by atoms with Crippen molar-refractivity contribution in [2.45, 2.75) is 37.4 Å². The maximum atomic E-state index is 12.4. The average Bonchev–Trinajstić information content (AvgIpc) is 2.96. The highest BCUT2D eigenvalue weighted by Gasteiger charge is 2.38. The summed E-state index contributed by atoms with van der Waals surface area (Å²) in [7, 11) is -3.32. The van der Waals surface area contributed by atoms with E-state index in [0.29, 0.717) is 11.1 Å². The third-order valence-electron chi connectivity index (χ3n) is 3.46. The number of halogens is 3. The molecular weight excluding hydrogens is 333 g/mol. The topological polar surface area (TPSA) is 73.1 Å². The van der Waals surface area contributed by atoms with Gasteiger partial charge in [-0.2, -0.15) is 18.2 Å². The molecule has 1 heterocycles. The average molecular weight is 348 g/mol. The molecule has 1 aromatic carbocycles. The van der Waals surface area contributed by atoms with Crippen LogP contribution in [-0.2, 0) is 16.0 Å². The maximum Gasteiger partial charge on any atom is 0.471 e. The van der Waals surface area contributed by atoms with Crippen molar-refractivity contribution in [3.63, 3.8) is 0 Å². The summed E-state index contributed by atoms with van der Waals surface area (Å²) in [5.41, 5.74) is 0.851. The second-order valence-corrected chi connectivity index (χ2v) is 8.15. The molecule has 1 atom stereocenters. The van der Waals surface area contributed by atoms with Crippen molar-refractivity contribution < 1.29 is 26.1 Å². The fourth-order valence-electron chi connectivity index (χ4n) is 1.96. The minimum atomic E-state index is -4.70. The SMILES string of the molecule is CC(C)S(=O)(=O)C(C)c1ccc(-c2noc(C(F)(F)F)n2)cc1. The van der Waals surface area contributed by atoms with Crippen molar-refractivity contribution in [3.8, 4) is 11.4 Å². The number of alkyl halides is 3. The van der Waals surface area contributed by atoms with Gasteiger partial charge < -0.3 is 4.52 Å². The quantitative estimate of drug-likeness (QED) is 0.843. The van der Waals surface area contributed by atoms with Crippen molar-refractivity contribution in [3.05, 3.63) is 35.7 Å². The summed E-state index contributed by atoms with van der Waals surface area (Å²) in [5, 5.41) is 2.04. The Morgan fingerprint density at radius 2 is 1.65 bits per heavy atom. The number of hydrogen-bond donors (Lipinski definition) is 0. The summed E-state index contributed by atoms with van der Waals surface area (Å²) in [6, 6.07) is 5.99. The van der Waals surface area contributed by atoms with Crippen LogP contribution in [0.15, 0.2) is 28.8 Å². The van der Waals surface area contributed by atoms with Gasteiger partial charge in [0.15, 0.2) is 9.84 Å². The van der Waals surface area contributed by atoms with Crippen LogP contribution in [0.3, 0.4) is 0 Å². The molecule has 0 radical (unpaired) electrons. The highest BCUT2D eigenvalue weighted by molar-refractivity contribution is 7.92. The van der Waals surface area contributed by atoms with Gasteiger partial charge in [0.05, 0.1) is 10.5 Å². The molecule has 0 fully saturated rings. The summed E-state index contributed by atoms with van der Waals surface area (Å²) in [5.74, 6) is -1.63. The molecule has 5 nitrogen and oxygen atoms in total. The molecule has 0 saturated heterocycles. The summed E-state index contributed by atoms with van der Waals surface area (Å²) in [6.45, 7) is 4.76. The summed E-state index contributed by atoms with van der Waals surface area (Å²) < 4.78 is 65.7. The molecule has 0 bridgehead atoms. The van der Waals surface area contributed by atoms with Gasteiger partial charge in [-0.25, -0.2) is 8.42 Å². The lowest BCUT2D eigenvalue weighted by molar-refractivity contribution is -0.159. The van der Waals surface area contributed by atoms with Gasteiger partial charge in [-0.3, -0.25) is 0 Å². The first-order chi connectivity index (χ1) is 10.5. The number of aromatic nitrogens is 2. The van der Waals surface area contributed by atoms with Gasteiger partial charge in [-0.05, 0) is 26.3 Å². The van der Waals surface area contributed by atoms with E-state index in [0.717, 1.165) is 0 Å². The largest absolute Gasteiger partial charge is 0.471 e. The van der Waals surface area contributed by atoms with Crippen LogP contribution in [-0.4, -0.2) is 23.8 Å². The van der Waals surface area contributed by atoms with Crippen LogP contribution in [0.25, 0.3) is 11.4 Å². The van der Waals surface area contributed by atoms with Gasteiger partial charge in [-0.1, -0.05) is 29.4 Å². The van der Waals surface area contributed by atoms with E-state index in [2.05, 4.69) is 14.7 Å². The normalized spacial score (nSPS) is 14.2. The van der Waals surface area contributed by atoms with Gasteiger partial charge in [0.1, 0.15) is 0 Å². The molecule has 23 heavy (non-hydrogen) atoms. The molecule has 2 aromatic rings. The summed E-state index contributed by atoms with van der Waals surface area (Å²) in [4.78, 5) is 3.28. The molecule has 1 aromatic heterocycles. The second-order valence-electron chi connectivity index (χ2n) is 5.32. The molecule has 0 aliphatic rings. The van der Waals surface area contributed by atoms with E-state index in [9.17, 15) is 21.6 Å². The van der Waals surface area contributed by atoms with E-state index in [1.807, 2.05) is 0 Å². The van der Waals surface area contributed by atoms with E-state index in [4.69, 9.17) is 0 Å². The van der Waals surface area contributed by atoms with Crippen LogP contribution < -0.4 is 0 Å². The Kier molecular flexibility index (Phi) is 4.52. The first-order valence-corrected chi connectivity index (χ1v) is 8.38. The highest BCUT2D eigenvalue weighted by atomic mass is 32.2. The van der Waals surface area contributed by atoms with E-state index in [-0.39, 0.29) is 5.82 Å². The molecule has 9 heteroatoms. The Balaban J connectivity index is 2.28. The lowest BCUT2D eigenvalue weighted by Crippen LogP contribution is -2.20. The van der Waals surface area contributed by atoms with Crippen molar-refractivity contribution in [2.24, 2.45) is 0 Å². The Labute approximate surface area is 131 Å². The maximum absolute atomic E-state index is 12.4. The highest BCUT2D eigenvalue weighted by Crippen LogP contribution is 2.30. The van der Waals surface area contributed by atoms with Crippen molar-refractivity contribution in [1.82, 2.24) is 10.1 Å². The first kappa shape index (κ1) is 17.5. The molecule has 0 aliphatic heterocycles. The molecule has 0 saturated carbocycles. The molecular formula is C14H15F3N2O3S. The second kappa shape index (κ2) is 5.95. The lowest BCUT2D eigenvalue weighted by Gasteiger charge is -2.16. The van der Waals surface area contributed by atoms with E-state index >= 15 is 0 Å². The number of benzene rings is 1. The predicted octanol–water partition coefficient (Wildman–Crippen LogP) is 3.64. The van der Waals surface area contributed by atoms with Crippen molar-refractivity contribution in [2.75, 3.05) is 0 Å². The van der Waals surface area contributed by atoms with Gasteiger partial charge in [0.2, 0.25) is 5.82 Å². The van der Waals surface area contributed by atoms with Gasteiger partial charge >= 0.3 is 12.1 Å². The number of sulfone groups is 1. The summed E-state index contributed by atoms with van der Waals surface area (Å²) in [6.07, 6.45) is -4.70. The Morgan fingerprint density at radius 1 is 1.09 bits per heavy atom. The fraction of sp³-hybridized carbons (Fsp3) is 0.429. The van der Waals surface area contributed by atoms with Gasteiger partial charge in [-0.15, -0.1) is 0 Å². The predicted molar refractivity (Wildman–Crippen MR) is 77.2 cm³/mol. The lowest BCUT2D eigenvalue weighted by atomic mass is 10.1. The monoisotopic (exact) mass is 348 g/mol. The fourth-order valence-corrected chi connectivity index (χ4v) is 3.31. The zero-order valence-electron chi connectivity index (χ0n) is 12.6. The zero-order chi connectivity index (χ0) is 17.4. The van der Waals surface area contributed by atoms with Crippen LogP contribution in [0.5, 0.6) is 0 Å².